The molecule has 8 heteroatoms. The highest BCUT2D eigenvalue weighted by atomic mass is 32.3. The Morgan fingerprint density at radius 3 is 1.82 bits per heavy atom. The second kappa shape index (κ2) is 24.8. The maximum atomic E-state index is 12.0. The Bertz CT molecular complexity index is 919. The molecule has 1 aromatic rings. The number of rotatable bonds is 19. The van der Waals surface area contributed by atoms with Crippen molar-refractivity contribution in [3.05, 3.63) is 84.5 Å². The van der Waals surface area contributed by atoms with Gasteiger partial charge in [-0.25, -0.2) is 0 Å². The first kappa shape index (κ1) is 35.5. The van der Waals surface area contributed by atoms with Crippen LogP contribution in [0.25, 0.3) is 0 Å². The predicted octanol–water partition coefficient (Wildman–Crippen LogP) is 6.51. The molecule has 0 bridgehead atoms. The van der Waals surface area contributed by atoms with Crippen LogP contribution in [0.2, 0.25) is 0 Å². The van der Waals surface area contributed by atoms with Crippen molar-refractivity contribution in [2.24, 2.45) is 0 Å². The molecule has 0 radical (unpaired) electrons. The molecule has 0 atom stereocenters. The van der Waals surface area contributed by atoms with Gasteiger partial charge in [0.15, 0.2) is 0 Å². The van der Waals surface area contributed by atoms with Crippen LogP contribution in [-0.4, -0.2) is 43.9 Å². The number of aliphatic hydroxyl groups is 2. The predicted molar refractivity (Wildman–Crippen MR) is 153 cm³/mol. The van der Waals surface area contributed by atoms with Gasteiger partial charge >= 0.3 is 16.2 Å². The number of halogens is 1. The largest absolute Gasteiger partial charge is 0.457 e. The topological polar surface area (TPSA) is 101 Å². The molecule has 0 heterocycles. The molecule has 0 aliphatic heterocycles. The monoisotopic (exact) mass is 552 g/mol. The Labute approximate surface area is 228 Å². The molecular formula is C30H45FO6S. The van der Waals surface area contributed by atoms with Gasteiger partial charge in [-0.2, -0.15) is 8.42 Å². The SMILES string of the molecule is CCCCC/C=C\C/C=C\C/C=C\C/C=C\CCCC(=O)OC(CO)CO.O=S(=O)(F)Cc1ccccc1. The van der Waals surface area contributed by atoms with E-state index in [2.05, 4.69) is 55.5 Å². The number of aliphatic hydroxyl groups excluding tert-OH is 2. The molecule has 0 aliphatic rings. The molecule has 1 aromatic carbocycles. The molecule has 0 aromatic heterocycles. The Hall–Kier alpha value is -2.55. The fraction of sp³-hybridized carbons (Fsp3) is 0.500. The van der Waals surface area contributed by atoms with E-state index < -0.39 is 22.1 Å². The summed E-state index contributed by atoms with van der Waals surface area (Å²) in [5.74, 6) is -0.910. The van der Waals surface area contributed by atoms with Crippen molar-refractivity contribution in [2.75, 3.05) is 13.2 Å². The van der Waals surface area contributed by atoms with Crippen molar-refractivity contribution in [3.63, 3.8) is 0 Å². The van der Waals surface area contributed by atoms with Gasteiger partial charge in [-0.3, -0.25) is 4.79 Å². The van der Waals surface area contributed by atoms with Gasteiger partial charge < -0.3 is 14.9 Å². The standard InChI is InChI=1S/C23H38O4.C7H7FO2S/c1-2-3-4-5-6-7-8-9-10-11-12-13-14-15-16-17-18-19-23(26)27-22(20-24)21-25;8-11(9,10)6-7-4-2-1-3-5-7/h6-7,9-10,12-13,15-16,22,24-25H,2-5,8,11,14,17-21H2,1H3;1-5H,6H2/b7-6-,10-9-,13-12-,16-15-;. The van der Waals surface area contributed by atoms with E-state index in [1.54, 1.807) is 30.3 Å². The quantitative estimate of drug-likeness (QED) is 0.0878. The summed E-state index contributed by atoms with van der Waals surface area (Å²) in [6, 6.07) is 8.21. The smallest absolute Gasteiger partial charge is 0.306 e. The second-order valence-electron chi connectivity index (χ2n) is 8.63. The van der Waals surface area contributed by atoms with Crippen molar-refractivity contribution in [1.82, 2.24) is 0 Å². The number of ether oxygens (including phenoxy) is 1. The molecule has 0 saturated carbocycles. The molecule has 0 spiro atoms. The van der Waals surface area contributed by atoms with Crippen LogP contribution in [0.3, 0.4) is 0 Å². The highest BCUT2D eigenvalue weighted by Gasteiger charge is 2.11. The number of unbranched alkanes of at least 4 members (excludes halogenated alkanes) is 4. The van der Waals surface area contributed by atoms with Crippen molar-refractivity contribution in [3.8, 4) is 0 Å². The van der Waals surface area contributed by atoms with E-state index in [-0.39, 0.29) is 19.2 Å². The summed E-state index contributed by atoms with van der Waals surface area (Å²) in [5.41, 5.74) is 0.468. The van der Waals surface area contributed by atoms with Gasteiger partial charge in [0.2, 0.25) is 0 Å². The molecule has 214 valence electrons. The van der Waals surface area contributed by atoms with Gasteiger partial charge in [-0.15, -0.1) is 3.89 Å². The molecular weight excluding hydrogens is 507 g/mol. The molecule has 0 unspecified atom stereocenters. The van der Waals surface area contributed by atoms with Gasteiger partial charge in [-0.05, 0) is 50.5 Å². The van der Waals surface area contributed by atoms with Crippen LogP contribution in [0.15, 0.2) is 78.9 Å². The van der Waals surface area contributed by atoms with E-state index in [0.29, 0.717) is 18.4 Å². The normalized spacial score (nSPS) is 12.1. The van der Waals surface area contributed by atoms with Gasteiger partial charge in [0.05, 0.1) is 13.2 Å². The lowest BCUT2D eigenvalue weighted by Gasteiger charge is -2.11. The zero-order valence-corrected chi connectivity index (χ0v) is 23.4. The van der Waals surface area contributed by atoms with E-state index in [9.17, 15) is 17.1 Å². The number of hydrogen-bond donors (Lipinski definition) is 2. The summed E-state index contributed by atoms with van der Waals surface area (Å²) in [6.07, 6.45) is 26.3. The third kappa shape index (κ3) is 25.1. The van der Waals surface area contributed by atoms with E-state index in [4.69, 9.17) is 14.9 Å². The lowest BCUT2D eigenvalue weighted by atomic mass is 10.2. The molecule has 1 rings (SSSR count). The lowest BCUT2D eigenvalue weighted by Crippen LogP contribution is -2.25. The summed E-state index contributed by atoms with van der Waals surface area (Å²) >= 11 is 0. The molecule has 6 nitrogen and oxygen atoms in total. The molecule has 2 N–H and O–H groups in total. The molecule has 38 heavy (non-hydrogen) atoms. The first-order chi connectivity index (χ1) is 18.3. The first-order valence-electron chi connectivity index (χ1n) is 13.3. The van der Waals surface area contributed by atoms with Gasteiger partial charge in [-0.1, -0.05) is 98.7 Å². The van der Waals surface area contributed by atoms with E-state index in [0.717, 1.165) is 25.7 Å². The maximum absolute atomic E-state index is 12.0. The second-order valence-corrected chi connectivity index (χ2v) is 9.99. The van der Waals surface area contributed by atoms with Crippen molar-refractivity contribution in [2.45, 2.75) is 83.0 Å². The highest BCUT2D eigenvalue weighted by molar-refractivity contribution is 7.85. The number of hydrogen-bond acceptors (Lipinski definition) is 6. The molecule has 0 amide bonds. The van der Waals surface area contributed by atoms with Gasteiger partial charge in [0, 0.05) is 6.42 Å². The number of allylic oxidation sites excluding steroid dienone is 8. The Kier molecular flexibility index (Phi) is 23.1. The Balaban J connectivity index is 0.00000103. The average Bonchev–Trinajstić information content (AvgIpc) is 2.89. The van der Waals surface area contributed by atoms with E-state index in [1.807, 2.05) is 0 Å². The summed E-state index contributed by atoms with van der Waals surface area (Å²) in [6.45, 7) is 1.53. The number of carbonyl (C=O) groups is 1. The highest BCUT2D eigenvalue weighted by Crippen LogP contribution is 2.06. The minimum absolute atomic E-state index is 0.300. The van der Waals surface area contributed by atoms with Crippen LogP contribution in [0.5, 0.6) is 0 Å². The third-order valence-corrected chi connectivity index (χ3v) is 5.77. The van der Waals surface area contributed by atoms with E-state index >= 15 is 0 Å². The summed E-state index contributed by atoms with van der Waals surface area (Å²) in [7, 11) is -4.38. The fourth-order valence-corrected chi connectivity index (χ4v) is 3.67. The zero-order valence-electron chi connectivity index (χ0n) is 22.6. The van der Waals surface area contributed by atoms with Crippen LogP contribution < -0.4 is 0 Å². The molecule has 0 aliphatic carbocycles. The van der Waals surface area contributed by atoms with Crippen molar-refractivity contribution < 1.29 is 32.0 Å². The first-order valence-corrected chi connectivity index (χ1v) is 14.8. The average molecular weight is 553 g/mol. The summed E-state index contributed by atoms with van der Waals surface area (Å²) < 4.78 is 37.2. The summed E-state index contributed by atoms with van der Waals surface area (Å²) in [5, 5.41) is 17.7. The molecule has 0 fully saturated rings. The van der Waals surface area contributed by atoms with E-state index in [1.165, 1.54) is 25.7 Å². The Morgan fingerprint density at radius 2 is 1.34 bits per heavy atom. The number of carbonyl (C=O) groups excluding carboxylic acids is 1. The summed E-state index contributed by atoms with van der Waals surface area (Å²) in [4.78, 5) is 11.4. The molecule has 0 saturated heterocycles. The zero-order chi connectivity index (χ0) is 28.3. The lowest BCUT2D eigenvalue weighted by molar-refractivity contribution is -0.153. The van der Waals surface area contributed by atoms with Crippen LogP contribution in [-0.2, 0) is 25.5 Å². The van der Waals surface area contributed by atoms with Crippen LogP contribution in [0, 0.1) is 0 Å². The van der Waals surface area contributed by atoms with Gasteiger partial charge in [0.25, 0.3) is 0 Å². The minimum Gasteiger partial charge on any atom is -0.457 e. The number of benzene rings is 1. The Morgan fingerprint density at radius 1 is 0.842 bits per heavy atom. The maximum Gasteiger partial charge on any atom is 0.306 e. The van der Waals surface area contributed by atoms with Gasteiger partial charge in [0.1, 0.15) is 11.9 Å². The van der Waals surface area contributed by atoms with Crippen LogP contribution >= 0.6 is 0 Å². The third-order valence-electron chi connectivity index (χ3n) is 5.10. The van der Waals surface area contributed by atoms with Crippen molar-refractivity contribution in [1.29, 1.82) is 0 Å². The fourth-order valence-electron chi connectivity index (χ4n) is 3.08. The minimum atomic E-state index is -4.38. The van der Waals surface area contributed by atoms with Crippen LogP contribution in [0.4, 0.5) is 3.89 Å². The number of esters is 1. The van der Waals surface area contributed by atoms with Crippen molar-refractivity contribution >= 4 is 16.2 Å². The van der Waals surface area contributed by atoms with Crippen LogP contribution in [0.1, 0.15) is 76.7 Å².